The second-order valence-corrected chi connectivity index (χ2v) is 19.3. The van der Waals surface area contributed by atoms with Crippen LogP contribution < -0.4 is 4.90 Å². The van der Waals surface area contributed by atoms with Crippen molar-refractivity contribution in [1.82, 2.24) is 0 Å². The lowest BCUT2D eigenvalue weighted by Crippen LogP contribution is -2.14. The Balaban J connectivity index is 1.02. The minimum absolute atomic E-state index is 0.0496. The van der Waals surface area contributed by atoms with Crippen LogP contribution in [0, 0.1) is 0 Å². The summed E-state index contributed by atoms with van der Waals surface area (Å²) in [5.74, 6) is 0.589. The molecule has 63 heavy (non-hydrogen) atoms. The maximum atomic E-state index is 2.50. The highest BCUT2D eigenvalue weighted by Crippen LogP contribution is 2.51. The van der Waals surface area contributed by atoms with Crippen LogP contribution in [-0.2, 0) is 5.41 Å². The summed E-state index contributed by atoms with van der Waals surface area (Å²) in [6.07, 6.45) is 6.50. The lowest BCUT2D eigenvalue weighted by Gasteiger charge is -2.29. The van der Waals surface area contributed by atoms with Crippen LogP contribution in [0.5, 0.6) is 0 Å². The molecule has 12 rings (SSSR count). The third-order valence-corrected chi connectivity index (χ3v) is 15.5. The van der Waals surface area contributed by atoms with E-state index in [4.69, 9.17) is 0 Å². The quantitative estimate of drug-likeness (QED) is 0.155. The van der Waals surface area contributed by atoms with Crippen LogP contribution in [0.15, 0.2) is 194 Å². The normalized spacial score (nSPS) is 14.6. The number of nitrogens with zero attached hydrogens (tertiary/aromatic N) is 1. The largest absolute Gasteiger partial charge is 0.310 e. The van der Waals surface area contributed by atoms with Gasteiger partial charge in [-0.1, -0.05) is 185 Å². The van der Waals surface area contributed by atoms with Crippen LogP contribution in [-0.4, -0.2) is 0 Å². The molecular formula is C61H49NS. The third-order valence-electron chi connectivity index (χ3n) is 14.3. The Morgan fingerprint density at radius 1 is 0.460 bits per heavy atom. The molecule has 0 unspecified atom stereocenters. The van der Waals surface area contributed by atoms with Gasteiger partial charge >= 0.3 is 0 Å². The molecule has 1 nitrogen and oxygen atoms in total. The Kier molecular flexibility index (Phi) is 9.20. The van der Waals surface area contributed by atoms with Crippen LogP contribution in [0.1, 0.15) is 68.6 Å². The van der Waals surface area contributed by atoms with Crippen LogP contribution in [0.25, 0.3) is 75.5 Å². The second-order valence-electron chi connectivity index (χ2n) is 18.2. The Morgan fingerprint density at radius 2 is 1.13 bits per heavy atom. The minimum atomic E-state index is -0.0496. The molecule has 0 atom stereocenters. The summed E-state index contributed by atoms with van der Waals surface area (Å²) in [5.41, 5.74) is 17.9. The summed E-state index contributed by atoms with van der Waals surface area (Å²) in [5, 5.41) is 5.37. The number of fused-ring (bicyclic) bond motifs is 7. The summed E-state index contributed by atoms with van der Waals surface area (Å²) >= 11 is 1.89. The summed E-state index contributed by atoms with van der Waals surface area (Å²) in [4.78, 5) is 2.50. The van der Waals surface area contributed by atoms with Gasteiger partial charge in [-0.2, -0.15) is 0 Å². The van der Waals surface area contributed by atoms with Gasteiger partial charge < -0.3 is 4.90 Å². The summed E-state index contributed by atoms with van der Waals surface area (Å²) in [6.45, 7) is 4.73. The molecule has 304 valence electrons. The average molecular weight is 828 g/mol. The van der Waals surface area contributed by atoms with Crippen molar-refractivity contribution >= 4 is 59.3 Å². The molecule has 9 aromatic carbocycles. The highest BCUT2D eigenvalue weighted by Gasteiger charge is 2.35. The summed E-state index contributed by atoms with van der Waals surface area (Å²) in [7, 11) is 0. The first-order valence-corrected chi connectivity index (χ1v) is 23.6. The van der Waals surface area contributed by atoms with Gasteiger partial charge in [0.25, 0.3) is 0 Å². The van der Waals surface area contributed by atoms with Crippen LogP contribution in [0.2, 0.25) is 0 Å². The minimum Gasteiger partial charge on any atom is -0.310 e. The number of benzene rings is 9. The van der Waals surface area contributed by atoms with Gasteiger partial charge in [-0.25, -0.2) is 0 Å². The lowest BCUT2D eigenvalue weighted by atomic mass is 9.80. The molecular weight excluding hydrogens is 779 g/mol. The maximum Gasteiger partial charge on any atom is 0.0540 e. The Labute approximate surface area is 374 Å². The number of para-hydroxylation sites is 1. The van der Waals surface area contributed by atoms with Crippen molar-refractivity contribution < 1.29 is 0 Å². The van der Waals surface area contributed by atoms with Gasteiger partial charge in [0.05, 0.1) is 5.69 Å². The van der Waals surface area contributed by atoms with E-state index in [-0.39, 0.29) is 5.41 Å². The van der Waals surface area contributed by atoms with E-state index in [1.165, 1.54) is 130 Å². The first-order valence-electron chi connectivity index (χ1n) is 22.8. The van der Waals surface area contributed by atoms with E-state index in [2.05, 4.69) is 213 Å². The predicted molar refractivity (Wildman–Crippen MR) is 271 cm³/mol. The first-order chi connectivity index (χ1) is 31.0. The average Bonchev–Trinajstić information content (AvgIpc) is 3.84. The SMILES string of the molecule is CC1(C)c2ccccc2-c2ccc(-c3ccc(N(c4cccc(-c5cccc6c5sc5ccccc56)c4)c4ccccc4-c4cccc5cccc(C6CCCCC6)c45)cc3)cc21. The number of rotatable bonds is 7. The van der Waals surface area contributed by atoms with Gasteiger partial charge in [0.1, 0.15) is 0 Å². The fraction of sp³-hybridized carbons (Fsp3) is 0.148. The fourth-order valence-electron chi connectivity index (χ4n) is 11.1. The molecule has 0 saturated heterocycles. The second kappa shape index (κ2) is 15.3. The van der Waals surface area contributed by atoms with Crippen molar-refractivity contribution in [1.29, 1.82) is 0 Å². The zero-order valence-electron chi connectivity index (χ0n) is 35.9. The van der Waals surface area contributed by atoms with Crippen molar-refractivity contribution in [2.45, 2.75) is 57.3 Å². The van der Waals surface area contributed by atoms with Crippen molar-refractivity contribution in [3.8, 4) is 44.5 Å². The molecule has 0 radical (unpaired) electrons. The molecule has 1 aromatic heterocycles. The molecule has 0 N–H and O–H groups in total. The van der Waals surface area contributed by atoms with Crippen molar-refractivity contribution in [3.05, 3.63) is 211 Å². The van der Waals surface area contributed by atoms with E-state index >= 15 is 0 Å². The summed E-state index contributed by atoms with van der Waals surface area (Å²) in [6, 6.07) is 73.1. The molecule has 2 aliphatic rings. The number of hydrogen-bond acceptors (Lipinski definition) is 2. The van der Waals surface area contributed by atoms with Gasteiger partial charge in [-0.3, -0.25) is 0 Å². The van der Waals surface area contributed by atoms with Gasteiger partial charge in [0, 0.05) is 42.5 Å². The molecule has 10 aromatic rings. The van der Waals surface area contributed by atoms with Crippen LogP contribution >= 0.6 is 11.3 Å². The van der Waals surface area contributed by atoms with E-state index < -0.39 is 0 Å². The fourth-order valence-corrected chi connectivity index (χ4v) is 12.4. The lowest BCUT2D eigenvalue weighted by molar-refractivity contribution is 0.445. The zero-order chi connectivity index (χ0) is 42.1. The highest BCUT2D eigenvalue weighted by molar-refractivity contribution is 7.26. The molecule has 0 aliphatic heterocycles. The van der Waals surface area contributed by atoms with Gasteiger partial charge in [0.2, 0.25) is 0 Å². The monoisotopic (exact) mass is 827 g/mol. The number of anilines is 3. The zero-order valence-corrected chi connectivity index (χ0v) is 36.8. The maximum absolute atomic E-state index is 2.50. The molecule has 2 aliphatic carbocycles. The molecule has 0 amide bonds. The molecule has 0 bridgehead atoms. The van der Waals surface area contributed by atoms with E-state index in [9.17, 15) is 0 Å². The van der Waals surface area contributed by atoms with Crippen LogP contribution in [0.4, 0.5) is 17.1 Å². The molecule has 1 heterocycles. The molecule has 1 saturated carbocycles. The Morgan fingerprint density at radius 3 is 2.00 bits per heavy atom. The van der Waals surface area contributed by atoms with E-state index in [1.807, 2.05) is 11.3 Å². The smallest absolute Gasteiger partial charge is 0.0540 e. The van der Waals surface area contributed by atoms with E-state index in [1.54, 1.807) is 0 Å². The Hall–Kier alpha value is -6.74. The molecule has 1 fully saturated rings. The Bertz CT molecular complexity index is 3360. The van der Waals surface area contributed by atoms with Gasteiger partial charge in [-0.15, -0.1) is 11.3 Å². The van der Waals surface area contributed by atoms with Crippen LogP contribution in [0.3, 0.4) is 0 Å². The first kappa shape index (κ1) is 38.0. The predicted octanol–water partition coefficient (Wildman–Crippen LogP) is 18.0. The standard InChI is InChI=1S/C61H49NS/c1-61(2)55-29-9-6-22-49(55)50-37-34-43(39-56(50)61)40-32-35-45(36-33-40)62(46-21-12-20-44(38-46)48-26-15-28-54-52-24-8-11-31-58(52)63-60(48)54)57-30-10-7-23-51(57)53-27-14-19-42-18-13-25-47(59(42)53)41-16-4-3-5-17-41/h6-15,18-39,41H,3-5,16-17H2,1-2H3. The summed E-state index contributed by atoms with van der Waals surface area (Å²) < 4.78 is 2.66. The molecule has 0 spiro atoms. The van der Waals surface area contributed by atoms with Crippen molar-refractivity contribution in [2.24, 2.45) is 0 Å². The van der Waals surface area contributed by atoms with Gasteiger partial charge in [0.15, 0.2) is 0 Å². The molecule has 2 heteroatoms. The van der Waals surface area contributed by atoms with Gasteiger partial charge in [-0.05, 0) is 128 Å². The highest BCUT2D eigenvalue weighted by atomic mass is 32.1. The third kappa shape index (κ3) is 6.34. The van der Waals surface area contributed by atoms with E-state index in [0.717, 1.165) is 11.4 Å². The number of hydrogen-bond donors (Lipinski definition) is 0. The topological polar surface area (TPSA) is 3.24 Å². The van der Waals surface area contributed by atoms with Crippen molar-refractivity contribution in [2.75, 3.05) is 4.90 Å². The number of thiophene rings is 1. The van der Waals surface area contributed by atoms with E-state index in [0.29, 0.717) is 5.92 Å². The van der Waals surface area contributed by atoms with Crippen molar-refractivity contribution in [3.63, 3.8) is 0 Å².